The van der Waals surface area contributed by atoms with E-state index in [0.29, 0.717) is 11.2 Å². The van der Waals surface area contributed by atoms with Crippen molar-refractivity contribution in [2.24, 2.45) is 5.92 Å². The molecule has 2 rings (SSSR count). The van der Waals surface area contributed by atoms with Crippen molar-refractivity contribution in [3.8, 4) is 0 Å². The number of halogens is 1. The second kappa shape index (κ2) is 5.04. The second-order valence-corrected chi connectivity index (χ2v) is 6.66. The van der Waals surface area contributed by atoms with E-state index in [4.69, 9.17) is 11.6 Å². The Morgan fingerprint density at radius 1 is 1.33 bits per heavy atom. The van der Waals surface area contributed by atoms with Crippen molar-refractivity contribution in [3.63, 3.8) is 0 Å². The molecule has 0 saturated heterocycles. The molecular weight excluding hydrogens is 246 g/mol. The monoisotopic (exact) mass is 267 g/mol. The van der Waals surface area contributed by atoms with Crippen LogP contribution in [0.2, 0.25) is 5.15 Å². The average molecular weight is 268 g/mol. The van der Waals surface area contributed by atoms with Crippen LogP contribution in [0, 0.1) is 5.92 Å². The van der Waals surface area contributed by atoms with E-state index in [0.717, 1.165) is 17.6 Å². The summed E-state index contributed by atoms with van der Waals surface area (Å²) in [4.78, 5) is 8.88. The highest BCUT2D eigenvalue weighted by Crippen LogP contribution is 2.31. The van der Waals surface area contributed by atoms with E-state index in [1.807, 2.05) is 6.07 Å². The predicted molar refractivity (Wildman–Crippen MR) is 76.2 cm³/mol. The van der Waals surface area contributed by atoms with Crippen LogP contribution in [-0.4, -0.2) is 16.0 Å². The lowest BCUT2D eigenvalue weighted by molar-refractivity contribution is 0.285. The summed E-state index contributed by atoms with van der Waals surface area (Å²) in [6, 6.07) is 2.27. The molecule has 0 bridgehead atoms. The number of anilines is 1. The molecule has 0 spiro atoms. The Hall–Kier alpha value is -0.830. The van der Waals surface area contributed by atoms with E-state index in [-0.39, 0.29) is 5.41 Å². The van der Waals surface area contributed by atoms with Crippen LogP contribution in [0.15, 0.2) is 6.07 Å². The Morgan fingerprint density at radius 3 is 2.50 bits per heavy atom. The first kappa shape index (κ1) is 13.6. The van der Waals surface area contributed by atoms with Gasteiger partial charge in [0.15, 0.2) is 0 Å². The van der Waals surface area contributed by atoms with Gasteiger partial charge in [0.2, 0.25) is 0 Å². The molecular formula is C14H22ClN3. The van der Waals surface area contributed by atoms with Crippen molar-refractivity contribution in [1.29, 1.82) is 0 Å². The predicted octanol–water partition coefficient (Wildman–Crippen LogP) is 4.03. The van der Waals surface area contributed by atoms with E-state index in [1.165, 1.54) is 19.3 Å². The van der Waals surface area contributed by atoms with Gasteiger partial charge in [-0.1, -0.05) is 38.8 Å². The molecule has 18 heavy (non-hydrogen) atoms. The zero-order valence-electron chi connectivity index (χ0n) is 11.6. The van der Waals surface area contributed by atoms with Crippen molar-refractivity contribution in [3.05, 3.63) is 17.0 Å². The summed E-state index contributed by atoms with van der Waals surface area (Å²) >= 11 is 6.08. The Balaban J connectivity index is 2.14. The van der Waals surface area contributed by atoms with Gasteiger partial charge in [-0.3, -0.25) is 0 Å². The van der Waals surface area contributed by atoms with E-state index in [1.54, 1.807) is 0 Å². The van der Waals surface area contributed by atoms with Crippen LogP contribution in [0.4, 0.5) is 5.82 Å². The van der Waals surface area contributed by atoms with Crippen LogP contribution in [0.3, 0.4) is 0 Å². The van der Waals surface area contributed by atoms with E-state index in [9.17, 15) is 0 Å². The first-order valence-electron chi connectivity index (χ1n) is 6.68. The van der Waals surface area contributed by atoms with Crippen LogP contribution < -0.4 is 5.32 Å². The zero-order valence-corrected chi connectivity index (χ0v) is 12.4. The lowest BCUT2D eigenvalue weighted by atomic mass is 9.80. The smallest absolute Gasteiger partial charge is 0.137 e. The minimum absolute atomic E-state index is 0.0823. The third kappa shape index (κ3) is 3.14. The van der Waals surface area contributed by atoms with E-state index >= 15 is 0 Å². The number of nitrogens with zero attached hydrogens (tertiary/aromatic N) is 2. The van der Waals surface area contributed by atoms with Crippen LogP contribution in [-0.2, 0) is 5.41 Å². The molecule has 1 aliphatic rings. The fraction of sp³-hybridized carbons (Fsp3) is 0.714. The highest BCUT2D eigenvalue weighted by molar-refractivity contribution is 6.29. The first-order chi connectivity index (χ1) is 8.36. The largest absolute Gasteiger partial charge is 0.367 e. The fourth-order valence-corrected chi connectivity index (χ4v) is 2.30. The average Bonchev–Trinajstić information content (AvgIpc) is 2.11. The normalized spacial score (nSPS) is 18.3. The van der Waals surface area contributed by atoms with Crippen LogP contribution in [0.1, 0.15) is 52.8 Å². The SMILES string of the molecule is CC(Nc1cc(Cl)nc(C(C)(C)C)n1)C1CCC1. The lowest BCUT2D eigenvalue weighted by Gasteiger charge is -2.32. The van der Waals surface area contributed by atoms with Crippen LogP contribution >= 0.6 is 11.6 Å². The Morgan fingerprint density at radius 2 is 2.00 bits per heavy atom. The standard InChI is InChI=1S/C14H22ClN3/c1-9(10-6-5-7-10)16-12-8-11(15)17-13(18-12)14(2,3)4/h8-10H,5-7H2,1-4H3,(H,16,17,18). The molecule has 4 heteroatoms. The third-order valence-electron chi connectivity index (χ3n) is 3.60. The molecule has 1 aromatic rings. The second-order valence-electron chi connectivity index (χ2n) is 6.27. The minimum Gasteiger partial charge on any atom is -0.367 e. The molecule has 1 atom stereocenters. The molecule has 1 aliphatic carbocycles. The molecule has 0 radical (unpaired) electrons. The Bertz CT molecular complexity index is 422. The Labute approximate surface area is 114 Å². The van der Waals surface area contributed by atoms with Gasteiger partial charge >= 0.3 is 0 Å². The number of aromatic nitrogens is 2. The van der Waals surface area contributed by atoms with Crippen molar-refractivity contribution in [2.45, 2.75) is 58.4 Å². The maximum atomic E-state index is 6.08. The lowest BCUT2D eigenvalue weighted by Crippen LogP contribution is -2.31. The van der Waals surface area contributed by atoms with Gasteiger partial charge in [-0.15, -0.1) is 0 Å². The molecule has 1 aromatic heterocycles. The van der Waals surface area contributed by atoms with Gasteiger partial charge in [-0.25, -0.2) is 9.97 Å². The quantitative estimate of drug-likeness (QED) is 0.841. The molecule has 1 N–H and O–H groups in total. The van der Waals surface area contributed by atoms with Crippen LogP contribution in [0.5, 0.6) is 0 Å². The van der Waals surface area contributed by atoms with Gasteiger partial charge in [-0.2, -0.15) is 0 Å². The van der Waals surface area contributed by atoms with E-state index < -0.39 is 0 Å². The van der Waals surface area contributed by atoms with Gasteiger partial charge in [0.1, 0.15) is 16.8 Å². The summed E-state index contributed by atoms with van der Waals surface area (Å²) in [6.45, 7) is 8.50. The maximum Gasteiger partial charge on any atom is 0.137 e. The highest BCUT2D eigenvalue weighted by Gasteiger charge is 2.25. The van der Waals surface area contributed by atoms with E-state index in [2.05, 4.69) is 43.0 Å². The first-order valence-corrected chi connectivity index (χ1v) is 7.05. The number of hydrogen-bond acceptors (Lipinski definition) is 3. The van der Waals surface area contributed by atoms with Crippen molar-refractivity contribution in [1.82, 2.24) is 9.97 Å². The summed E-state index contributed by atoms with van der Waals surface area (Å²) in [6.07, 6.45) is 3.99. The number of hydrogen-bond donors (Lipinski definition) is 1. The van der Waals surface area contributed by atoms with Crippen molar-refractivity contribution in [2.75, 3.05) is 5.32 Å². The highest BCUT2D eigenvalue weighted by atomic mass is 35.5. The Kier molecular flexibility index (Phi) is 3.81. The third-order valence-corrected chi connectivity index (χ3v) is 3.79. The summed E-state index contributed by atoms with van der Waals surface area (Å²) < 4.78 is 0. The molecule has 0 amide bonds. The molecule has 1 unspecified atom stereocenters. The molecule has 1 heterocycles. The van der Waals surface area contributed by atoms with Gasteiger partial charge in [0.25, 0.3) is 0 Å². The molecule has 1 fully saturated rings. The van der Waals surface area contributed by atoms with Gasteiger partial charge in [0.05, 0.1) is 0 Å². The summed E-state index contributed by atoms with van der Waals surface area (Å²) in [5, 5.41) is 3.97. The molecule has 1 saturated carbocycles. The molecule has 3 nitrogen and oxygen atoms in total. The van der Waals surface area contributed by atoms with Gasteiger partial charge in [0, 0.05) is 17.5 Å². The molecule has 0 aromatic carbocycles. The van der Waals surface area contributed by atoms with Crippen molar-refractivity contribution < 1.29 is 0 Å². The molecule has 100 valence electrons. The fourth-order valence-electron chi connectivity index (χ4n) is 2.12. The van der Waals surface area contributed by atoms with Crippen molar-refractivity contribution >= 4 is 17.4 Å². The summed E-state index contributed by atoms with van der Waals surface area (Å²) in [5.41, 5.74) is -0.0823. The summed E-state index contributed by atoms with van der Waals surface area (Å²) in [7, 11) is 0. The maximum absolute atomic E-state index is 6.08. The zero-order chi connectivity index (χ0) is 13.3. The number of rotatable bonds is 3. The number of nitrogens with one attached hydrogen (secondary N) is 1. The topological polar surface area (TPSA) is 37.8 Å². The summed E-state index contributed by atoms with van der Waals surface area (Å²) in [5.74, 6) is 2.41. The van der Waals surface area contributed by atoms with Crippen LogP contribution in [0.25, 0.3) is 0 Å². The van der Waals surface area contributed by atoms with Gasteiger partial charge in [-0.05, 0) is 25.7 Å². The minimum atomic E-state index is -0.0823. The molecule has 0 aliphatic heterocycles. The van der Waals surface area contributed by atoms with Gasteiger partial charge < -0.3 is 5.32 Å².